The smallest absolute Gasteiger partial charge is 0.347 e. The summed E-state index contributed by atoms with van der Waals surface area (Å²) in [5, 5.41) is 24.9. The van der Waals surface area contributed by atoms with Gasteiger partial charge in [-0.3, -0.25) is 28.6 Å². The molecule has 2 aliphatic rings. The Morgan fingerprint density at radius 1 is 0.634 bits per heavy atom. The normalized spacial score (nSPS) is 16.4. The molecular formula is C40H29F16N3O10S2. The highest BCUT2D eigenvalue weighted by Crippen LogP contribution is 2.55. The highest BCUT2D eigenvalue weighted by Gasteiger charge is 2.76. The number of para-hydroxylation sites is 1. The van der Waals surface area contributed by atoms with Crippen LogP contribution in [-0.4, -0.2) is 95.3 Å². The van der Waals surface area contributed by atoms with Crippen molar-refractivity contribution in [2.24, 2.45) is 0 Å². The number of nitro groups is 2. The molecule has 3 aromatic rings. The molecule has 0 unspecified atom stereocenters. The van der Waals surface area contributed by atoms with Gasteiger partial charge in [-0.15, -0.1) is 0 Å². The van der Waals surface area contributed by atoms with Crippen molar-refractivity contribution >= 4 is 42.9 Å². The standard InChI is InChI=1S/C40H29F16N3O10S2/c1-34(2)25-11-8-9-12-26(25)57(3)29(34)13-7-5-4-6-10-22-23-14-20(70(64,65)68-18-35(45,46)39(53,54)37(49,50)32(41)42)16-27(58(60)61)30(23)31-24(22)15-21(17-28(31)59(62)63)71(66,67)69-19-36(47,48)40(55,56)38(51,52)33(43)44/h4-17,32-33H,18-19H2,1-3H3/b6-4+,7-5+,29-13+. The van der Waals surface area contributed by atoms with Crippen LogP contribution in [0.25, 0.3) is 16.7 Å². The summed E-state index contributed by atoms with van der Waals surface area (Å²) in [4.78, 5) is 20.3. The van der Waals surface area contributed by atoms with Gasteiger partial charge in [-0.05, 0) is 46.5 Å². The molecule has 0 aromatic heterocycles. The van der Waals surface area contributed by atoms with Crippen molar-refractivity contribution < 1.29 is 105 Å². The summed E-state index contributed by atoms with van der Waals surface area (Å²) in [6.45, 7) is -2.89. The minimum absolute atomic E-state index is 0.119. The van der Waals surface area contributed by atoms with Gasteiger partial charge in [0.25, 0.3) is 31.6 Å². The Morgan fingerprint density at radius 2 is 1.01 bits per heavy atom. The molecule has 1 aliphatic carbocycles. The summed E-state index contributed by atoms with van der Waals surface area (Å²) in [5.41, 5.74) is -6.07. The van der Waals surface area contributed by atoms with Crippen molar-refractivity contribution in [2.75, 3.05) is 25.2 Å². The lowest BCUT2D eigenvalue weighted by Crippen LogP contribution is -2.59. The number of halogens is 16. The molecule has 1 heterocycles. The molecule has 0 amide bonds. The van der Waals surface area contributed by atoms with E-state index < -0.39 is 146 Å². The zero-order valence-electron chi connectivity index (χ0n) is 35.4. The number of rotatable bonds is 19. The summed E-state index contributed by atoms with van der Waals surface area (Å²) in [6, 6.07) is 7.44. The van der Waals surface area contributed by atoms with Crippen molar-refractivity contribution in [3.05, 3.63) is 128 Å². The molecule has 0 radical (unpaired) electrons. The van der Waals surface area contributed by atoms with Crippen LogP contribution in [0.4, 0.5) is 87.3 Å². The fourth-order valence-corrected chi connectivity index (χ4v) is 9.08. The van der Waals surface area contributed by atoms with E-state index in [0.717, 1.165) is 35.2 Å². The van der Waals surface area contributed by atoms with E-state index in [0.29, 0.717) is 0 Å². The van der Waals surface area contributed by atoms with Gasteiger partial charge in [-0.2, -0.15) is 69.5 Å². The zero-order chi connectivity index (χ0) is 54.0. The van der Waals surface area contributed by atoms with Gasteiger partial charge in [-0.1, -0.05) is 62.4 Å². The highest BCUT2D eigenvalue weighted by atomic mass is 32.2. The fourth-order valence-electron chi connectivity index (χ4n) is 7.16. The lowest BCUT2D eigenvalue weighted by Gasteiger charge is -2.31. The maximum absolute atomic E-state index is 14.4. The maximum Gasteiger partial charge on any atom is 0.380 e. The predicted molar refractivity (Wildman–Crippen MR) is 214 cm³/mol. The monoisotopic (exact) mass is 1080 g/mol. The van der Waals surface area contributed by atoms with Gasteiger partial charge >= 0.3 is 48.4 Å². The molecule has 3 aromatic carbocycles. The second-order valence-corrected chi connectivity index (χ2v) is 18.9. The molecular weight excluding hydrogens is 1050 g/mol. The number of likely N-dealkylation sites (N-methyl/N-ethyl adjacent to an activating group) is 1. The van der Waals surface area contributed by atoms with Crippen molar-refractivity contribution in [3.63, 3.8) is 0 Å². The van der Waals surface area contributed by atoms with E-state index in [1.54, 1.807) is 25.3 Å². The number of allylic oxidation sites excluding steroid dienone is 7. The molecule has 31 heteroatoms. The van der Waals surface area contributed by atoms with Crippen LogP contribution in [0.5, 0.6) is 0 Å². The molecule has 13 nitrogen and oxygen atoms in total. The van der Waals surface area contributed by atoms with Gasteiger partial charge in [0, 0.05) is 36.0 Å². The number of nitro benzene ring substituents is 2. The number of hydrogen-bond acceptors (Lipinski definition) is 11. The molecule has 1 aliphatic heterocycles. The maximum atomic E-state index is 14.4. The molecule has 0 N–H and O–H groups in total. The molecule has 71 heavy (non-hydrogen) atoms. The second kappa shape index (κ2) is 18.5. The minimum Gasteiger partial charge on any atom is -0.347 e. The highest BCUT2D eigenvalue weighted by molar-refractivity contribution is 7.87. The van der Waals surface area contributed by atoms with Gasteiger partial charge in [-0.25, -0.2) is 17.6 Å². The van der Waals surface area contributed by atoms with Gasteiger partial charge in [0.1, 0.15) is 23.0 Å². The van der Waals surface area contributed by atoms with Crippen LogP contribution in [0.2, 0.25) is 0 Å². The SMILES string of the molecule is CN1/C(=C/C=C/C=C/C=C2c3cc(S(=O)(=O)OCC(F)(F)C(F)(F)C(F)(F)C(F)F)cc([N+](=O)[O-])c3-c3c2cc(S(=O)(=O)OCC(F)(F)C(F)(F)C(F)(F)C(F)F)cc3[N+](=O)[O-])C(C)(C)c2ccccc21. The molecule has 388 valence electrons. The van der Waals surface area contributed by atoms with Crippen LogP contribution in [0.3, 0.4) is 0 Å². The molecule has 0 saturated carbocycles. The number of benzene rings is 3. The summed E-state index contributed by atoms with van der Waals surface area (Å²) in [6.07, 6.45) is -3.58. The third-order valence-corrected chi connectivity index (χ3v) is 13.4. The molecule has 5 rings (SSSR count). The van der Waals surface area contributed by atoms with Crippen molar-refractivity contribution in [2.45, 2.75) is 77.4 Å². The first-order valence-corrected chi connectivity index (χ1v) is 21.9. The number of nitrogens with zero attached hydrogens (tertiary/aromatic N) is 3. The van der Waals surface area contributed by atoms with Gasteiger partial charge < -0.3 is 4.90 Å². The Balaban J connectivity index is 1.68. The van der Waals surface area contributed by atoms with Crippen molar-refractivity contribution in [3.8, 4) is 11.1 Å². The first-order valence-electron chi connectivity index (χ1n) is 19.1. The van der Waals surface area contributed by atoms with Gasteiger partial charge in [0.15, 0.2) is 0 Å². The Bertz CT molecular complexity index is 2870. The summed E-state index contributed by atoms with van der Waals surface area (Å²) < 4.78 is 278. The Morgan fingerprint density at radius 3 is 1.38 bits per heavy atom. The van der Waals surface area contributed by atoms with E-state index in [-0.39, 0.29) is 24.3 Å². The van der Waals surface area contributed by atoms with Crippen molar-refractivity contribution in [1.29, 1.82) is 0 Å². The predicted octanol–water partition coefficient (Wildman–Crippen LogP) is 11.1. The van der Waals surface area contributed by atoms with E-state index in [9.17, 15) is 107 Å². The topological polar surface area (TPSA) is 176 Å². The molecule has 0 spiro atoms. The lowest BCUT2D eigenvalue weighted by atomic mass is 9.84. The number of hydrogen-bond donors (Lipinski definition) is 0. The Hall–Kier alpha value is -6.08. The van der Waals surface area contributed by atoms with Crippen LogP contribution in [-0.2, 0) is 34.0 Å². The average Bonchev–Trinajstić information content (AvgIpc) is 3.68. The molecule has 0 saturated heterocycles. The zero-order valence-corrected chi connectivity index (χ0v) is 37.1. The second-order valence-electron chi connectivity index (χ2n) is 15.7. The average molecular weight is 1080 g/mol. The summed E-state index contributed by atoms with van der Waals surface area (Å²) in [7, 11) is -10.6. The van der Waals surface area contributed by atoms with E-state index in [1.807, 2.05) is 30.9 Å². The molecule has 0 atom stereocenters. The van der Waals surface area contributed by atoms with Crippen molar-refractivity contribution in [1.82, 2.24) is 0 Å². The largest absolute Gasteiger partial charge is 0.380 e. The molecule has 0 fully saturated rings. The van der Waals surface area contributed by atoms with E-state index in [2.05, 4.69) is 8.37 Å². The number of alkyl halides is 16. The Labute approximate surface area is 388 Å². The van der Waals surface area contributed by atoms with Crippen LogP contribution in [0.1, 0.15) is 30.5 Å². The first-order chi connectivity index (χ1) is 32.2. The number of anilines is 1. The van der Waals surface area contributed by atoms with E-state index in [1.165, 1.54) is 12.2 Å². The van der Waals surface area contributed by atoms with E-state index in [4.69, 9.17) is 0 Å². The fraction of sp³-hybridized carbons (Fsp3) is 0.350. The summed E-state index contributed by atoms with van der Waals surface area (Å²) >= 11 is 0. The third-order valence-electron chi connectivity index (χ3n) is 10.9. The van der Waals surface area contributed by atoms with E-state index >= 15 is 0 Å². The Kier molecular flexibility index (Phi) is 14.6. The van der Waals surface area contributed by atoms with Crippen LogP contribution in [0.15, 0.2) is 100 Å². The minimum atomic E-state index is -7.02. The lowest BCUT2D eigenvalue weighted by molar-refractivity contribution is -0.386. The first kappa shape index (κ1) is 55.8. The van der Waals surface area contributed by atoms with Crippen LogP contribution < -0.4 is 4.90 Å². The summed E-state index contributed by atoms with van der Waals surface area (Å²) in [5.74, 6) is -40.6. The van der Waals surface area contributed by atoms with Gasteiger partial charge in [0.2, 0.25) is 0 Å². The van der Waals surface area contributed by atoms with Gasteiger partial charge in [0.05, 0.1) is 21.0 Å². The van der Waals surface area contributed by atoms with Crippen LogP contribution in [0, 0.1) is 20.2 Å². The molecule has 0 bridgehead atoms. The number of fused-ring (bicyclic) bond motifs is 4. The van der Waals surface area contributed by atoms with Crippen LogP contribution >= 0.6 is 0 Å². The quantitative estimate of drug-likeness (QED) is 0.0287. The third kappa shape index (κ3) is 9.58.